The lowest BCUT2D eigenvalue weighted by molar-refractivity contribution is -0.290. The summed E-state index contributed by atoms with van der Waals surface area (Å²) in [5.41, 5.74) is -6.26. The molecule has 2 N–H and O–H groups in total. The maximum absolute atomic E-state index is 15.2. The van der Waals surface area contributed by atoms with Crippen LogP contribution in [0.15, 0.2) is 284 Å². The normalized spacial score (nSPS) is 13.7. The highest BCUT2D eigenvalue weighted by molar-refractivity contribution is 9.10. The molecule has 0 spiro atoms. The molecule has 8 amide bonds. The minimum Gasteiger partial charge on any atom is -0.493 e. The van der Waals surface area contributed by atoms with Crippen LogP contribution in [-0.4, -0.2) is 151 Å². The molecule has 12 aromatic carbocycles. The highest BCUT2D eigenvalue weighted by Crippen LogP contribution is 2.60. The SMILES string of the molecule is COc1ccc(-c2ccc(-c3cc(-c4ccc(C)cc4)nc(-c4ccc(N5C(=O)c6ccc(C(c7ccc8c(c7)C(=O)N(C)C8=O)(C(F)(F)F)C(F)(F)F)cc6C5=O)cc4)c3)cc2)cc1OC.COc1ccc(B(O)O)cc1OC.Cc1ccc(-c2cc(-c3ccc(Br)cc3)cc(-c3ccc(N4C(=O)c5ccc(C(c6ccc7c(c6)C(=O)N(C)C7=O)(C(F)(F)F)C(F)(F)F)cc5C4=O)cc3)n2)cc1. The van der Waals surface area contributed by atoms with Gasteiger partial charge >= 0.3 is 31.8 Å². The third kappa shape index (κ3) is 16.9. The van der Waals surface area contributed by atoms with Crippen LogP contribution in [0.2, 0.25) is 0 Å². The monoisotopic (exact) mass is 1950 g/mol. The molecule has 0 radical (unpaired) electrons. The van der Waals surface area contributed by atoms with E-state index in [0.717, 1.165) is 98.5 Å². The highest BCUT2D eigenvalue weighted by Gasteiger charge is 2.74. The highest BCUT2D eigenvalue weighted by atomic mass is 79.9. The molecule has 696 valence electrons. The molecule has 138 heavy (non-hydrogen) atoms. The quantitative estimate of drug-likeness (QED) is 0.0460. The number of fused-ring (bicyclic) bond motifs is 4. The van der Waals surface area contributed by atoms with E-state index >= 15 is 52.7 Å². The summed E-state index contributed by atoms with van der Waals surface area (Å²) in [5, 5.41) is 17.7. The van der Waals surface area contributed by atoms with Gasteiger partial charge in [-0.15, -0.1) is 0 Å². The molecular formula is C104H72BBrF12N6O14. The summed E-state index contributed by atoms with van der Waals surface area (Å²) in [7, 11) is 6.76. The number of amides is 8. The number of anilines is 2. The number of carbonyl (C=O) groups excluding carboxylic acids is 8. The maximum Gasteiger partial charge on any atom is 0.488 e. The lowest BCUT2D eigenvalue weighted by atomic mass is 9.71. The van der Waals surface area contributed by atoms with Crippen molar-refractivity contribution in [1.29, 1.82) is 0 Å². The molecule has 0 fully saturated rings. The van der Waals surface area contributed by atoms with Gasteiger partial charge in [0.25, 0.3) is 47.3 Å². The molecule has 0 saturated carbocycles. The molecule has 18 rings (SSSR count). The van der Waals surface area contributed by atoms with Gasteiger partial charge in [0.05, 0.1) is 107 Å². The van der Waals surface area contributed by atoms with Gasteiger partial charge in [-0.05, 0) is 208 Å². The predicted octanol–water partition coefficient (Wildman–Crippen LogP) is 21.5. The zero-order valence-electron chi connectivity index (χ0n) is 73.5. The van der Waals surface area contributed by atoms with Crippen LogP contribution in [0.1, 0.15) is 116 Å². The van der Waals surface area contributed by atoms with E-state index in [4.69, 9.17) is 39.0 Å². The van der Waals surface area contributed by atoms with Gasteiger partial charge in [0.15, 0.2) is 23.0 Å². The third-order valence-electron chi connectivity index (χ3n) is 24.4. The summed E-state index contributed by atoms with van der Waals surface area (Å²) in [6.45, 7) is 3.94. The van der Waals surface area contributed by atoms with Crippen molar-refractivity contribution in [2.75, 3.05) is 52.3 Å². The summed E-state index contributed by atoms with van der Waals surface area (Å²) in [5.74, 6) is -5.91. The number of carbonyl (C=O) groups is 8. The van der Waals surface area contributed by atoms with Gasteiger partial charge in [0.1, 0.15) is 0 Å². The molecule has 6 heterocycles. The van der Waals surface area contributed by atoms with E-state index in [1.165, 1.54) is 44.6 Å². The number of alkyl halides is 12. The summed E-state index contributed by atoms with van der Waals surface area (Å²) < 4.78 is 204. The fraction of sp³-hybridized carbons (Fsp3) is 0.135. The summed E-state index contributed by atoms with van der Waals surface area (Å²) >= 11 is 3.46. The Kier molecular flexibility index (Phi) is 25.3. The van der Waals surface area contributed by atoms with Gasteiger partial charge in [-0.1, -0.05) is 173 Å². The average molecular weight is 1950 g/mol. The van der Waals surface area contributed by atoms with Gasteiger partial charge in [0, 0.05) is 40.8 Å². The first-order chi connectivity index (χ1) is 65.4. The Morgan fingerprint density at radius 3 is 0.841 bits per heavy atom. The Morgan fingerprint density at radius 1 is 0.275 bits per heavy atom. The zero-order chi connectivity index (χ0) is 99.1. The number of nitrogens with zero attached hydrogens (tertiary/aromatic N) is 6. The van der Waals surface area contributed by atoms with Crippen molar-refractivity contribution < 1.29 is 120 Å². The van der Waals surface area contributed by atoms with Crippen LogP contribution in [0.5, 0.6) is 23.0 Å². The Hall–Kier alpha value is -15.7. The number of methoxy groups -OCH3 is 4. The minimum absolute atomic E-state index is 0.000918. The lowest BCUT2D eigenvalue weighted by Gasteiger charge is -2.38. The number of hydrogen-bond acceptors (Lipinski definition) is 16. The smallest absolute Gasteiger partial charge is 0.488 e. The summed E-state index contributed by atoms with van der Waals surface area (Å²) in [6, 6.07) is 68.0. The number of hydrogen-bond donors (Lipinski definition) is 2. The molecule has 0 aliphatic carbocycles. The van der Waals surface area contributed by atoms with E-state index in [2.05, 4.69) is 15.9 Å². The van der Waals surface area contributed by atoms with Crippen molar-refractivity contribution in [1.82, 2.24) is 19.8 Å². The maximum atomic E-state index is 15.2. The molecule has 34 heteroatoms. The van der Waals surface area contributed by atoms with Crippen LogP contribution in [0, 0.1) is 13.8 Å². The number of ether oxygens (including phenoxy) is 4. The van der Waals surface area contributed by atoms with Gasteiger partial charge in [0.2, 0.25) is 10.8 Å². The Balaban J connectivity index is 0.000000178. The number of halogens is 13. The zero-order valence-corrected chi connectivity index (χ0v) is 75.1. The van der Waals surface area contributed by atoms with Crippen molar-refractivity contribution in [3.63, 3.8) is 0 Å². The second-order valence-corrected chi connectivity index (χ2v) is 33.4. The van der Waals surface area contributed by atoms with E-state index < -0.39 is 146 Å². The van der Waals surface area contributed by atoms with Gasteiger partial charge < -0.3 is 29.0 Å². The van der Waals surface area contributed by atoms with E-state index in [1.807, 2.05) is 153 Å². The first kappa shape index (κ1) is 95.5. The van der Waals surface area contributed by atoms with Crippen molar-refractivity contribution in [2.24, 2.45) is 0 Å². The standard InChI is InChI=1S/C52H35F6N3O6.C44H26BrF6N3O4.C8H11BO4/c1-28-5-7-31(8-6-28)42-23-34(30-11-9-29(10-12-30)33-15-22-44(66-3)45(25-33)67-4)24-43(59-42)32-13-18-37(19-14-32)61-48(64)39-21-17-36(27-41(39)49(61)65)50(51(53,54)55,52(56,57)58)35-16-20-38-40(26-35)47(63)60(2)46(38)62;1-23-3-5-25(6-4-23)36-19-27(24-7-13-30(45)14-8-24)20-37(52-36)26-9-15-31(16-10-26)54-40(57)33-18-12-29(22-35(33)41(54)58)42(43(46,47)48,44(49,50)51)28-11-17-32-34(21-28)39(56)53(2)38(32)55;1-12-7-4-3-6(9(10)11)5-8(7)13-2/h5-27H,1-4H3;3-22H,1-2H3;3-5,10-11H,1-2H3. The number of pyridine rings is 2. The van der Waals surface area contributed by atoms with Crippen molar-refractivity contribution in [3.05, 3.63) is 361 Å². The van der Waals surface area contributed by atoms with Crippen LogP contribution >= 0.6 is 15.9 Å². The van der Waals surface area contributed by atoms with Crippen molar-refractivity contribution in [3.8, 4) is 101 Å². The topological polar surface area (TPSA) is 253 Å². The molecule has 2 aromatic heterocycles. The summed E-state index contributed by atoms with van der Waals surface area (Å²) in [4.78, 5) is 118. The van der Waals surface area contributed by atoms with Gasteiger partial charge in [-0.3, -0.25) is 48.2 Å². The molecule has 0 saturated heterocycles. The molecular weight excluding hydrogens is 1880 g/mol. The number of rotatable bonds is 18. The molecule has 4 aliphatic rings. The molecule has 20 nitrogen and oxygen atoms in total. The van der Waals surface area contributed by atoms with E-state index in [0.29, 0.717) is 130 Å². The number of imide groups is 4. The second-order valence-electron chi connectivity index (χ2n) is 32.5. The molecule has 0 unspecified atom stereocenters. The predicted molar refractivity (Wildman–Crippen MR) is 493 cm³/mol. The first-order valence-corrected chi connectivity index (χ1v) is 42.6. The molecule has 4 aliphatic heterocycles. The molecule has 0 atom stereocenters. The van der Waals surface area contributed by atoms with Crippen LogP contribution < -0.4 is 34.2 Å². The number of aromatic nitrogens is 2. The molecule has 14 aromatic rings. The third-order valence-corrected chi connectivity index (χ3v) is 24.9. The van der Waals surface area contributed by atoms with E-state index in [-0.39, 0.29) is 22.5 Å². The van der Waals surface area contributed by atoms with Crippen molar-refractivity contribution in [2.45, 2.75) is 49.4 Å². The number of aryl methyl sites for hydroxylation is 2. The van der Waals surface area contributed by atoms with Crippen LogP contribution in [-0.2, 0) is 10.8 Å². The number of benzene rings is 12. The first-order valence-electron chi connectivity index (χ1n) is 41.8. The van der Waals surface area contributed by atoms with Crippen LogP contribution in [0.3, 0.4) is 0 Å². The van der Waals surface area contributed by atoms with E-state index in [1.54, 1.807) is 50.6 Å². The van der Waals surface area contributed by atoms with E-state index in [9.17, 15) is 38.4 Å². The Morgan fingerprint density at radius 2 is 0.529 bits per heavy atom. The fourth-order valence-corrected chi connectivity index (χ4v) is 17.4. The Labute approximate surface area is 787 Å². The summed E-state index contributed by atoms with van der Waals surface area (Å²) in [6.07, 6.45) is -24.3. The van der Waals surface area contributed by atoms with Gasteiger partial charge in [-0.2, -0.15) is 52.7 Å². The van der Waals surface area contributed by atoms with Crippen molar-refractivity contribution >= 4 is 87.1 Å². The minimum atomic E-state index is -6.09. The lowest BCUT2D eigenvalue weighted by Crippen LogP contribution is -2.55. The molecule has 0 bridgehead atoms. The average Bonchev–Trinajstić information content (AvgIpc) is 1.25. The van der Waals surface area contributed by atoms with Gasteiger partial charge in [-0.25, -0.2) is 19.8 Å². The second kappa shape index (κ2) is 36.5. The largest absolute Gasteiger partial charge is 0.493 e. The Bertz CT molecular complexity index is 7220. The van der Waals surface area contributed by atoms with Crippen LogP contribution in [0.4, 0.5) is 64.1 Å². The fourth-order valence-electron chi connectivity index (χ4n) is 17.1. The van der Waals surface area contributed by atoms with Crippen LogP contribution in [0.25, 0.3) is 78.4 Å².